The Balaban J connectivity index is 1.75. The molecule has 1 saturated heterocycles. The summed E-state index contributed by atoms with van der Waals surface area (Å²) in [7, 11) is -0.433. The zero-order valence-corrected chi connectivity index (χ0v) is 14.3. The Labute approximate surface area is 141 Å². The van der Waals surface area contributed by atoms with Crippen LogP contribution in [0.4, 0.5) is 10.1 Å². The second-order valence-corrected chi connectivity index (χ2v) is 6.95. The van der Waals surface area contributed by atoms with E-state index in [1.165, 1.54) is 12.1 Å². The van der Waals surface area contributed by atoms with Gasteiger partial charge in [-0.25, -0.2) is 4.39 Å². The molecule has 0 amide bonds. The van der Waals surface area contributed by atoms with Crippen LogP contribution >= 0.6 is 0 Å². The van der Waals surface area contributed by atoms with Crippen molar-refractivity contribution in [3.8, 4) is 11.5 Å². The van der Waals surface area contributed by atoms with Crippen molar-refractivity contribution in [3.05, 3.63) is 48.3 Å². The van der Waals surface area contributed by atoms with Crippen LogP contribution in [0.2, 0.25) is 0 Å². The normalized spacial score (nSPS) is 18.6. The second-order valence-electron chi connectivity index (χ2n) is 6.95. The molecule has 0 aliphatic carbocycles. The smallest absolute Gasteiger partial charge is 0.454 e. The Hall–Kier alpha value is -2.05. The lowest BCUT2D eigenvalue weighted by molar-refractivity contribution is 0.00578. The van der Waals surface area contributed by atoms with Gasteiger partial charge in [0.2, 0.25) is 0 Å². The lowest BCUT2D eigenvalue weighted by Crippen LogP contribution is -2.41. The highest BCUT2D eigenvalue weighted by molar-refractivity contribution is 6.62. The summed E-state index contributed by atoms with van der Waals surface area (Å²) < 4.78 is 31.3. The molecular weight excluding hydrogens is 308 g/mol. The highest BCUT2D eigenvalue weighted by Gasteiger charge is 2.51. The lowest BCUT2D eigenvalue weighted by atomic mass is 9.79. The van der Waals surface area contributed by atoms with Gasteiger partial charge in [0, 0.05) is 11.8 Å². The van der Waals surface area contributed by atoms with Gasteiger partial charge in [0.15, 0.2) is 11.6 Å². The van der Waals surface area contributed by atoms with Crippen LogP contribution in [0.5, 0.6) is 11.5 Å². The Morgan fingerprint density at radius 1 is 0.958 bits per heavy atom. The molecule has 0 unspecified atom stereocenters. The van der Waals surface area contributed by atoms with E-state index < -0.39 is 12.9 Å². The summed E-state index contributed by atoms with van der Waals surface area (Å²) in [4.78, 5) is 0. The molecule has 6 heteroatoms. The lowest BCUT2D eigenvalue weighted by Gasteiger charge is -2.32. The van der Waals surface area contributed by atoms with Crippen molar-refractivity contribution in [1.82, 2.24) is 0 Å². The molecule has 24 heavy (non-hydrogen) atoms. The zero-order valence-electron chi connectivity index (χ0n) is 14.3. The SMILES string of the molecule is CC1(C)OB(c2ccc(Oc3ccc(N)cc3F)cc2)OC1(C)C. The van der Waals surface area contributed by atoms with Crippen LogP contribution in [0, 0.1) is 5.82 Å². The van der Waals surface area contributed by atoms with Gasteiger partial charge in [0.25, 0.3) is 0 Å². The minimum atomic E-state index is -0.495. The fraction of sp³-hybridized carbons (Fsp3) is 0.333. The Morgan fingerprint density at radius 2 is 1.54 bits per heavy atom. The van der Waals surface area contributed by atoms with Gasteiger partial charge < -0.3 is 19.8 Å². The number of anilines is 1. The number of hydrogen-bond donors (Lipinski definition) is 1. The first kappa shape index (κ1) is 16.8. The van der Waals surface area contributed by atoms with Crippen molar-refractivity contribution in [2.75, 3.05) is 5.73 Å². The maximum Gasteiger partial charge on any atom is 0.494 e. The molecule has 2 aromatic carbocycles. The molecule has 1 aliphatic heterocycles. The fourth-order valence-corrected chi connectivity index (χ4v) is 2.40. The largest absolute Gasteiger partial charge is 0.494 e. The van der Waals surface area contributed by atoms with E-state index in [4.69, 9.17) is 19.8 Å². The van der Waals surface area contributed by atoms with E-state index in [2.05, 4.69) is 0 Å². The van der Waals surface area contributed by atoms with E-state index in [1.54, 1.807) is 18.2 Å². The summed E-state index contributed by atoms with van der Waals surface area (Å²) in [6.45, 7) is 8.03. The third-order valence-electron chi connectivity index (χ3n) is 4.59. The first-order valence-electron chi connectivity index (χ1n) is 7.86. The summed E-state index contributed by atoms with van der Waals surface area (Å²) in [6.07, 6.45) is 0. The van der Waals surface area contributed by atoms with Crippen molar-refractivity contribution in [1.29, 1.82) is 0 Å². The number of ether oxygens (including phenoxy) is 1. The molecule has 3 rings (SSSR count). The van der Waals surface area contributed by atoms with Crippen LogP contribution in [0.25, 0.3) is 0 Å². The van der Waals surface area contributed by atoms with Crippen LogP contribution in [-0.2, 0) is 9.31 Å². The molecule has 1 aliphatic rings. The average molecular weight is 329 g/mol. The van der Waals surface area contributed by atoms with Crippen LogP contribution in [0.15, 0.2) is 42.5 Å². The van der Waals surface area contributed by atoms with Gasteiger partial charge >= 0.3 is 7.12 Å². The number of nitrogens with two attached hydrogens (primary N) is 1. The maximum absolute atomic E-state index is 13.8. The summed E-state index contributed by atoms with van der Waals surface area (Å²) >= 11 is 0. The van der Waals surface area contributed by atoms with Crippen LogP contribution in [-0.4, -0.2) is 18.3 Å². The summed E-state index contributed by atoms with van der Waals surface area (Å²) in [5, 5.41) is 0. The van der Waals surface area contributed by atoms with Gasteiger partial charge in [0.1, 0.15) is 5.75 Å². The maximum atomic E-state index is 13.8. The molecule has 2 aromatic rings. The van der Waals surface area contributed by atoms with Crippen LogP contribution in [0.3, 0.4) is 0 Å². The van der Waals surface area contributed by atoms with Crippen molar-refractivity contribution in [3.63, 3.8) is 0 Å². The molecule has 0 spiro atoms. The fourth-order valence-electron chi connectivity index (χ4n) is 2.40. The van der Waals surface area contributed by atoms with E-state index >= 15 is 0 Å². The zero-order chi connectivity index (χ0) is 17.5. The Kier molecular flexibility index (Phi) is 4.05. The van der Waals surface area contributed by atoms with Crippen molar-refractivity contribution < 1.29 is 18.4 Å². The minimum absolute atomic E-state index is 0.132. The third-order valence-corrected chi connectivity index (χ3v) is 4.59. The van der Waals surface area contributed by atoms with E-state index in [9.17, 15) is 4.39 Å². The van der Waals surface area contributed by atoms with E-state index in [0.717, 1.165) is 5.46 Å². The Bertz CT molecular complexity index is 730. The highest BCUT2D eigenvalue weighted by Crippen LogP contribution is 2.36. The molecule has 0 aromatic heterocycles. The number of hydrogen-bond acceptors (Lipinski definition) is 4. The van der Waals surface area contributed by atoms with Crippen molar-refractivity contribution in [2.45, 2.75) is 38.9 Å². The standard InChI is InChI=1S/C18H21BFNO3/c1-17(2)18(3,4)24-19(23-17)12-5-8-14(9-6-12)22-16-10-7-13(21)11-15(16)20/h5-11H,21H2,1-4H3. The van der Waals surface area contributed by atoms with E-state index in [1.807, 2.05) is 39.8 Å². The molecule has 1 fully saturated rings. The van der Waals surface area contributed by atoms with Gasteiger partial charge in [-0.3, -0.25) is 0 Å². The number of nitrogen functional groups attached to an aromatic ring is 1. The second kappa shape index (κ2) is 5.79. The monoisotopic (exact) mass is 329 g/mol. The van der Waals surface area contributed by atoms with Crippen molar-refractivity contribution in [2.24, 2.45) is 0 Å². The van der Waals surface area contributed by atoms with Crippen LogP contribution < -0.4 is 15.9 Å². The molecule has 1 heterocycles. The summed E-state index contributed by atoms with van der Waals surface area (Å²) in [5.74, 6) is 0.163. The highest BCUT2D eigenvalue weighted by atomic mass is 19.1. The van der Waals surface area contributed by atoms with Gasteiger partial charge in [0.05, 0.1) is 11.2 Å². The molecule has 0 saturated carbocycles. The number of rotatable bonds is 3. The summed E-state index contributed by atoms with van der Waals surface area (Å²) in [5.41, 5.74) is 6.00. The predicted molar refractivity (Wildman–Crippen MR) is 93.0 cm³/mol. The van der Waals surface area contributed by atoms with E-state index in [-0.39, 0.29) is 17.0 Å². The quantitative estimate of drug-likeness (QED) is 0.692. The molecular formula is C18H21BFNO3. The third kappa shape index (κ3) is 3.12. The van der Waals surface area contributed by atoms with Gasteiger partial charge in [-0.1, -0.05) is 12.1 Å². The summed E-state index contributed by atoms with van der Waals surface area (Å²) in [6, 6.07) is 11.6. The van der Waals surface area contributed by atoms with Crippen LogP contribution in [0.1, 0.15) is 27.7 Å². The van der Waals surface area contributed by atoms with Crippen molar-refractivity contribution >= 4 is 18.3 Å². The van der Waals surface area contributed by atoms with Gasteiger partial charge in [-0.15, -0.1) is 0 Å². The molecule has 4 nitrogen and oxygen atoms in total. The van der Waals surface area contributed by atoms with Gasteiger partial charge in [-0.05, 0) is 57.4 Å². The number of halogens is 1. The molecule has 2 N–H and O–H groups in total. The predicted octanol–water partition coefficient (Wildman–Crippen LogP) is 3.50. The van der Waals surface area contributed by atoms with E-state index in [0.29, 0.717) is 11.4 Å². The Morgan fingerprint density at radius 3 is 2.08 bits per heavy atom. The molecule has 126 valence electrons. The first-order valence-corrected chi connectivity index (χ1v) is 7.86. The minimum Gasteiger partial charge on any atom is -0.454 e. The van der Waals surface area contributed by atoms with Gasteiger partial charge in [-0.2, -0.15) is 0 Å². The topological polar surface area (TPSA) is 53.7 Å². The average Bonchev–Trinajstić information content (AvgIpc) is 2.71. The number of benzene rings is 2. The first-order chi connectivity index (χ1) is 11.2. The molecule has 0 bridgehead atoms. The molecule has 0 radical (unpaired) electrons. The molecule has 0 atom stereocenters.